The van der Waals surface area contributed by atoms with E-state index in [2.05, 4.69) is 42.1 Å². The zero-order valence-electron chi connectivity index (χ0n) is 22.6. The van der Waals surface area contributed by atoms with Gasteiger partial charge in [-0.15, -0.1) is 0 Å². The van der Waals surface area contributed by atoms with Crippen molar-refractivity contribution in [3.63, 3.8) is 0 Å². The highest BCUT2D eigenvalue weighted by atomic mass is 16.3. The Kier molecular flexibility index (Phi) is 6.06. The highest BCUT2D eigenvalue weighted by Crippen LogP contribution is 2.31. The molecule has 0 spiro atoms. The van der Waals surface area contributed by atoms with Gasteiger partial charge in [0.2, 0.25) is 11.9 Å². The van der Waals surface area contributed by atoms with Crippen molar-refractivity contribution < 1.29 is 5.11 Å². The second-order valence-electron chi connectivity index (χ2n) is 10.2. The van der Waals surface area contributed by atoms with Gasteiger partial charge in [0.15, 0.2) is 11.3 Å². The lowest BCUT2D eigenvalue weighted by atomic mass is 10.1. The molecule has 0 radical (unpaired) electrons. The average molecular weight is 549 g/mol. The largest absolute Gasteiger partial charge is 0.389 e. The van der Waals surface area contributed by atoms with Gasteiger partial charge in [0.1, 0.15) is 5.39 Å². The van der Waals surface area contributed by atoms with Gasteiger partial charge in [-0.2, -0.15) is 9.50 Å². The van der Waals surface area contributed by atoms with E-state index in [0.717, 1.165) is 54.0 Å². The molecular weight excluding hydrogens is 520 g/mol. The molecule has 0 amide bonds. The number of likely N-dealkylation sites (N-methyl/N-ethyl adjacent to an activating group) is 1. The number of aromatic nitrogens is 7. The van der Waals surface area contributed by atoms with Crippen LogP contribution in [0.3, 0.4) is 0 Å². The molecule has 206 valence electrons. The first-order valence-corrected chi connectivity index (χ1v) is 13.5. The van der Waals surface area contributed by atoms with Gasteiger partial charge in [0, 0.05) is 67.1 Å². The Morgan fingerprint density at radius 1 is 0.927 bits per heavy atom. The molecule has 5 heterocycles. The van der Waals surface area contributed by atoms with Crippen molar-refractivity contribution in [1.82, 2.24) is 39.0 Å². The molecule has 0 aliphatic carbocycles. The predicted octanol–water partition coefficient (Wildman–Crippen LogP) is 2.92. The molecule has 1 fully saturated rings. The van der Waals surface area contributed by atoms with Crippen molar-refractivity contribution >= 4 is 44.9 Å². The van der Waals surface area contributed by atoms with Crippen LogP contribution in [0.4, 0.5) is 17.3 Å². The number of benzene rings is 2. The third-order valence-electron chi connectivity index (χ3n) is 7.50. The van der Waals surface area contributed by atoms with Crippen LogP contribution in [0.2, 0.25) is 0 Å². The number of nitrogens with one attached hydrogen (secondary N) is 1. The monoisotopic (exact) mass is 548 g/mol. The van der Waals surface area contributed by atoms with Gasteiger partial charge in [-0.05, 0) is 50.4 Å². The number of aliphatic hydroxyl groups excluding tert-OH is 1. The molecule has 6 aromatic rings. The number of fused-ring (bicyclic) bond motifs is 4. The molecule has 1 unspecified atom stereocenters. The quantitative estimate of drug-likeness (QED) is 0.332. The van der Waals surface area contributed by atoms with Crippen molar-refractivity contribution in [3.8, 4) is 5.95 Å². The predicted molar refractivity (Wildman–Crippen MR) is 157 cm³/mol. The van der Waals surface area contributed by atoms with Crippen molar-refractivity contribution in [3.05, 3.63) is 83.0 Å². The topological polar surface area (TPSA) is 130 Å². The zero-order chi connectivity index (χ0) is 28.1. The lowest BCUT2D eigenvalue weighted by Gasteiger charge is -2.35. The Morgan fingerprint density at radius 2 is 1.71 bits per heavy atom. The molecular formula is C29H28N10O2. The molecule has 1 aliphatic heterocycles. The molecule has 41 heavy (non-hydrogen) atoms. The molecule has 2 aromatic carbocycles. The summed E-state index contributed by atoms with van der Waals surface area (Å²) in [4.78, 5) is 40.9. The van der Waals surface area contributed by atoms with Crippen LogP contribution in [0.5, 0.6) is 0 Å². The first-order valence-electron chi connectivity index (χ1n) is 13.5. The summed E-state index contributed by atoms with van der Waals surface area (Å²) in [5.41, 5.74) is 3.72. The third kappa shape index (κ3) is 4.33. The van der Waals surface area contributed by atoms with E-state index in [0.29, 0.717) is 17.5 Å². The molecule has 0 bridgehead atoms. The average Bonchev–Trinajstić information content (AvgIpc) is 3.32. The third-order valence-corrected chi connectivity index (χ3v) is 7.50. The number of nitrogens with zero attached hydrogens (tertiary/aromatic N) is 9. The minimum Gasteiger partial charge on any atom is -0.389 e. The summed E-state index contributed by atoms with van der Waals surface area (Å²) in [6.45, 7) is 5.52. The number of piperazine rings is 1. The Labute approximate surface area is 234 Å². The maximum absolute atomic E-state index is 13.8. The van der Waals surface area contributed by atoms with Crippen LogP contribution in [-0.2, 0) is 0 Å². The van der Waals surface area contributed by atoms with E-state index in [1.54, 1.807) is 30.1 Å². The summed E-state index contributed by atoms with van der Waals surface area (Å²) < 4.78 is 3.12. The summed E-state index contributed by atoms with van der Waals surface area (Å²) in [7, 11) is 2.12. The normalized spacial score (nSPS) is 15.1. The van der Waals surface area contributed by atoms with E-state index >= 15 is 0 Å². The molecule has 2 N–H and O–H groups in total. The van der Waals surface area contributed by atoms with Crippen LogP contribution in [0.1, 0.15) is 18.6 Å². The van der Waals surface area contributed by atoms with E-state index in [-0.39, 0.29) is 16.6 Å². The van der Waals surface area contributed by atoms with E-state index in [1.807, 2.05) is 42.5 Å². The van der Waals surface area contributed by atoms with E-state index in [1.165, 1.54) is 10.7 Å². The number of anilines is 3. The smallest absolute Gasteiger partial charge is 0.284 e. The maximum atomic E-state index is 13.8. The summed E-state index contributed by atoms with van der Waals surface area (Å²) >= 11 is 0. The van der Waals surface area contributed by atoms with Crippen LogP contribution in [0.15, 0.2) is 71.9 Å². The maximum Gasteiger partial charge on any atom is 0.284 e. The van der Waals surface area contributed by atoms with Crippen LogP contribution in [-0.4, -0.2) is 77.4 Å². The zero-order valence-corrected chi connectivity index (χ0v) is 22.6. The number of para-hydroxylation sites is 1. The number of hydrogen-bond acceptors (Lipinski definition) is 10. The molecule has 1 atom stereocenters. The highest BCUT2D eigenvalue weighted by Gasteiger charge is 2.21. The van der Waals surface area contributed by atoms with Crippen molar-refractivity contribution in [2.75, 3.05) is 43.4 Å². The van der Waals surface area contributed by atoms with Crippen molar-refractivity contribution in [2.45, 2.75) is 13.0 Å². The number of rotatable bonds is 5. The molecule has 4 aromatic heterocycles. The van der Waals surface area contributed by atoms with Gasteiger partial charge in [0.05, 0.1) is 11.6 Å². The summed E-state index contributed by atoms with van der Waals surface area (Å²) in [6.07, 6.45) is 4.09. The van der Waals surface area contributed by atoms with E-state index < -0.39 is 6.10 Å². The number of aliphatic hydroxyl groups is 1. The molecule has 12 heteroatoms. The van der Waals surface area contributed by atoms with Crippen molar-refractivity contribution in [2.24, 2.45) is 0 Å². The van der Waals surface area contributed by atoms with Gasteiger partial charge in [-0.25, -0.2) is 24.6 Å². The summed E-state index contributed by atoms with van der Waals surface area (Å²) in [6, 6.07) is 15.2. The molecule has 7 rings (SSSR count). The fraction of sp³-hybridized carbons (Fsp3) is 0.241. The Balaban J connectivity index is 1.30. The van der Waals surface area contributed by atoms with Gasteiger partial charge >= 0.3 is 0 Å². The summed E-state index contributed by atoms with van der Waals surface area (Å²) in [5.74, 6) is 0.655. The van der Waals surface area contributed by atoms with Gasteiger partial charge in [-0.3, -0.25) is 4.79 Å². The first kappa shape index (κ1) is 25.1. The van der Waals surface area contributed by atoms with Gasteiger partial charge in [0.25, 0.3) is 5.56 Å². The molecule has 1 saturated heterocycles. The first-order chi connectivity index (χ1) is 20.0. The minimum atomic E-state index is -0.648. The Morgan fingerprint density at radius 3 is 2.49 bits per heavy atom. The van der Waals surface area contributed by atoms with Crippen molar-refractivity contribution in [1.29, 1.82) is 0 Å². The standard InChI is InChI=1S/C29H28N10O2/c1-18(40)21-16-19(8-9-23(21)37-14-12-36(2)13-15-37)33-28-32-17-22-25(35-28)34-26-20-6-3-4-7-24(20)38(39(26)27(22)41)29-30-10-5-11-31-29/h3-11,16-18,40H,12-15H2,1-2H3,(H,32,33,35). The fourth-order valence-corrected chi connectivity index (χ4v) is 5.37. The van der Waals surface area contributed by atoms with Gasteiger partial charge in [-0.1, -0.05) is 12.1 Å². The lowest BCUT2D eigenvalue weighted by Crippen LogP contribution is -2.44. The van der Waals surface area contributed by atoms with E-state index in [9.17, 15) is 9.90 Å². The van der Waals surface area contributed by atoms with Crippen LogP contribution >= 0.6 is 0 Å². The fourth-order valence-electron chi connectivity index (χ4n) is 5.37. The lowest BCUT2D eigenvalue weighted by molar-refractivity contribution is 0.199. The second-order valence-corrected chi connectivity index (χ2v) is 10.2. The van der Waals surface area contributed by atoms with Crippen LogP contribution in [0, 0.1) is 0 Å². The van der Waals surface area contributed by atoms with Crippen LogP contribution in [0.25, 0.3) is 33.5 Å². The summed E-state index contributed by atoms with van der Waals surface area (Å²) in [5, 5.41) is 14.8. The number of hydrogen-bond donors (Lipinski definition) is 2. The van der Waals surface area contributed by atoms with E-state index in [4.69, 9.17) is 4.98 Å². The SMILES string of the molecule is CC(O)c1cc(Nc2ncc3c(=O)n4c(nc3n2)c2ccccc2n4-c2ncccn2)ccc1N1CCN(C)CC1. The second kappa shape index (κ2) is 9.91. The molecule has 12 nitrogen and oxygen atoms in total. The van der Waals surface area contributed by atoms with Crippen LogP contribution < -0.4 is 15.8 Å². The molecule has 0 saturated carbocycles. The molecule has 1 aliphatic rings. The minimum absolute atomic E-state index is 0.267. The Hall–Kier alpha value is -4.94. The Bertz CT molecular complexity index is 1960. The van der Waals surface area contributed by atoms with Gasteiger partial charge < -0.3 is 20.2 Å². The highest BCUT2D eigenvalue weighted by molar-refractivity contribution is 5.95.